The lowest BCUT2D eigenvalue weighted by Gasteiger charge is -2.34. The van der Waals surface area contributed by atoms with Gasteiger partial charge < -0.3 is 14.7 Å². The number of aryl methyl sites for hydroxylation is 1. The number of carbonyl (C=O) groups is 2. The Labute approximate surface area is 143 Å². The number of nitrogens with zero attached hydrogens (tertiary/aromatic N) is 3. The lowest BCUT2D eigenvalue weighted by atomic mass is 9.96. The zero-order valence-corrected chi connectivity index (χ0v) is 15.1. The lowest BCUT2D eigenvalue weighted by Crippen LogP contribution is -2.49. The number of hydrogen-bond donors (Lipinski definition) is 1. The van der Waals surface area contributed by atoms with E-state index in [1.54, 1.807) is 0 Å². The predicted octanol–water partition coefficient (Wildman–Crippen LogP) is 1.18. The van der Waals surface area contributed by atoms with E-state index < -0.39 is 5.41 Å². The second-order valence-electron chi connectivity index (χ2n) is 7.35. The van der Waals surface area contributed by atoms with Crippen molar-refractivity contribution in [2.45, 2.75) is 40.7 Å². The second-order valence-corrected chi connectivity index (χ2v) is 7.35. The summed E-state index contributed by atoms with van der Waals surface area (Å²) in [5, 5.41) is 6.71. The molecule has 2 amide bonds. The van der Waals surface area contributed by atoms with Gasteiger partial charge in [-0.05, 0) is 6.92 Å². The van der Waals surface area contributed by atoms with E-state index in [0.717, 1.165) is 31.1 Å². The Hall–Kier alpha value is -1.89. The van der Waals surface area contributed by atoms with Crippen LogP contribution in [0, 0.1) is 12.3 Å². The van der Waals surface area contributed by atoms with E-state index in [2.05, 4.69) is 15.4 Å². The third kappa shape index (κ3) is 5.33. The van der Waals surface area contributed by atoms with Gasteiger partial charge in [0.25, 0.3) is 0 Å². The molecule has 0 unspecified atom stereocenters. The number of carbonyl (C=O) groups excluding carboxylic acids is 2. The maximum absolute atomic E-state index is 12.2. The van der Waals surface area contributed by atoms with Crippen LogP contribution < -0.4 is 5.32 Å². The normalized spacial score (nSPS) is 16.2. The first kappa shape index (κ1) is 18.4. The Kier molecular flexibility index (Phi) is 5.99. The highest BCUT2D eigenvalue weighted by Gasteiger charge is 2.23. The summed E-state index contributed by atoms with van der Waals surface area (Å²) in [5.74, 6) is 0.930. The highest BCUT2D eigenvalue weighted by molar-refractivity contribution is 5.82. The van der Waals surface area contributed by atoms with E-state index >= 15 is 0 Å². The Morgan fingerprint density at radius 1 is 1.25 bits per heavy atom. The average molecular weight is 336 g/mol. The largest absolute Gasteiger partial charge is 0.360 e. The van der Waals surface area contributed by atoms with E-state index in [-0.39, 0.29) is 11.8 Å². The van der Waals surface area contributed by atoms with Gasteiger partial charge in [-0.3, -0.25) is 14.5 Å². The second kappa shape index (κ2) is 7.79. The van der Waals surface area contributed by atoms with E-state index in [4.69, 9.17) is 4.52 Å². The number of rotatable bonds is 5. The van der Waals surface area contributed by atoms with Gasteiger partial charge in [0.05, 0.1) is 12.2 Å². The van der Waals surface area contributed by atoms with E-state index in [1.165, 1.54) is 0 Å². The first-order chi connectivity index (χ1) is 11.3. The Balaban J connectivity index is 1.68. The molecule has 0 radical (unpaired) electrons. The highest BCUT2D eigenvalue weighted by Crippen LogP contribution is 2.13. The number of piperazine rings is 1. The summed E-state index contributed by atoms with van der Waals surface area (Å²) < 4.78 is 5.23. The van der Waals surface area contributed by atoms with Crippen LogP contribution in [-0.2, 0) is 16.1 Å². The summed E-state index contributed by atoms with van der Waals surface area (Å²) in [7, 11) is 0. The maximum Gasteiger partial charge on any atom is 0.225 e. The molecule has 134 valence electrons. The number of hydrogen-bond acceptors (Lipinski definition) is 5. The molecular weight excluding hydrogens is 308 g/mol. The Morgan fingerprint density at radius 2 is 1.92 bits per heavy atom. The minimum atomic E-state index is -0.423. The molecule has 1 aliphatic heterocycles. The van der Waals surface area contributed by atoms with Crippen LogP contribution in [0.25, 0.3) is 0 Å². The van der Waals surface area contributed by atoms with Crippen molar-refractivity contribution in [3.05, 3.63) is 17.5 Å². The fraction of sp³-hybridized carbons (Fsp3) is 0.706. The smallest absolute Gasteiger partial charge is 0.225 e. The van der Waals surface area contributed by atoms with Crippen LogP contribution in [0.2, 0.25) is 0 Å². The van der Waals surface area contributed by atoms with Crippen molar-refractivity contribution >= 4 is 11.8 Å². The van der Waals surface area contributed by atoms with Crippen LogP contribution in [0.15, 0.2) is 10.6 Å². The average Bonchev–Trinajstić information content (AvgIpc) is 2.92. The predicted molar refractivity (Wildman–Crippen MR) is 90.2 cm³/mol. The third-order valence-electron chi connectivity index (χ3n) is 4.09. The third-order valence-corrected chi connectivity index (χ3v) is 4.09. The van der Waals surface area contributed by atoms with Gasteiger partial charge in [0.2, 0.25) is 11.8 Å². The van der Waals surface area contributed by atoms with Crippen LogP contribution in [0.5, 0.6) is 0 Å². The Morgan fingerprint density at radius 3 is 2.46 bits per heavy atom. The van der Waals surface area contributed by atoms with Gasteiger partial charge in [-0.1, -0.05) is 25.9 Å². The van der Waals surface area contributed by atoms with Gasteiger partial charge in [-0.2, -0.15) is 0 Å². The van der Waals surface area contributed by atoms with E-state index in [1.807, 2.05) is 38.7 Å². The Bertz CT molecular complexity index is 569. The van der Waals surface area contributed by atoms with Gasteiger partial charge in [0.1, 0.15) is 0 Å². The summed E-state index contributed by atoms with van der Waals surface area (Å²) >= 11 is 0. The molecule has 1 aromatic heterocycles. The molecule has 0 saturated carbocycles. The number of aromatic nitrogens is 1. The van der Waals surface area contributed by atoms with Gasteiger partial charge in [0.15, 0.2) is 5.76 Å². The van der Waals surface area contributed by atoms with Crippen LogP contribution >= 0.6 is 0 Å². The van der Waals surface area contributed by atoms with Crippen LogP contribution in [0.1, 0.15) is 38.6 Å². The molecule has 0 aromatic carbocycles. The summed E-state index contributed by atoms with van der Waals surface area (Å²) in [6, 6.07) is 1.94. The summed E-state index contributed by atoms with van der Waals surface area (Å²) in [6.45, 7) is 11.7. The molecule has 1 saturated heterocycles. The van der Waals surface area contributed by atoms with E-state index in [9.17, 15) is 9.59 Å². The molecule has 0 bridgehead atoms. The van der Waals surface area contributed by atoms with Gasteiger partial charge in [0, 0.05) is 50.6 Å². The molecule has 24 heavy (non-hydrogen) atoms. The fourth-order valence-electron chi connectivity index (χ4n) is 2.57. The lowest BCUT2D eigenvalue weighted by molar-refractivity contribution is -0.133. The monoisotopic (exact) mass is 336 g/mol. The first-order valence-corrected chi connectivity index (χ1v) is 8.46. The van der Waals surface area contributed by atoms with Crippen molar-refractivity contribution in [2.75, 3.05) is 32.7 Å². The quantitative estimate of drug-likeness (QED) is 0.873. The van der Waals surface area contributed by atoms with Crippen molar-refractivity contribution in [1.82, 2.24) is 20.3 Å². The molecule has 0 spiro atoms. The highest BCUT2D eigenvalue weighted by atomic mass is 16.5. The molecule has 1 fully saturated rings. The zero-order valence-electron chi connectivity index (χ0n) is 15.1. The molecule has 2 heterocycles. The molecule has 0 atom stereocenters. The van der Waals surface area contributed by atoms with Gasteiger partial charge in [-0.15, -0.1) is 0 Å². The summed E-state index contributed by atoms with van der Waals surface area (Å²) in [4.78, 5) is 28.1. The molecular formula is C17H28N4O3. The van der Waals surface area contributed by atoms with Crippen LogP contribution in [0.4, 0.5) is 0 Å². The minimum Gasteiger partial charge on any atom is -0.360 e. The molecule has 1 aliphatic rings. The van der Waals surface area contributed by atoms with Crippen LogP contribution in [-0.4, -0.2) is 59.5 Å². The number of amides is 2. The van der Waals surface area contributed by atoms with E-state index in [0.29, 0.717) is 26.1 Å². The van der Waals surface area contributed by atoms with Crippen molar-refractivity contribution < 1.29 is 14.1 Å². The molecule has 7 heteroatoms. The SMILES string of the molecule is Cc1cc(CN2CCN(C(=O)CCNC(=O)C(C)(C)C)CC2)on1. The minimum absolute atomic E-state index is 0.0255. The van der Waals surface area contributed by atoms with Crippen molar-refractivity contribution in [1.29, 1.82) is 0 Å². The van der Waals surface area contributed by atoms with Crippen molar-refractivity contribution in [3.63, 3.8) is 0 Å². The topological polar surface area (TPSA) is 78.7 Å². The van der Waals surface area contributed by atoms with Gasteiger partial charge in [-0.25, -0.2) is 0 Å². The summed E-state index contributed by atoms with van der Waals surface area (Å²) in [6.07, 6.45) is 0.350. The molecule has 7 nitrogen and oxygen atoms in total. The van der Waals surface area contributed by atoms with Gasteiger partial charge >= 0.3 is 0 Å². The number of nitrogens with one attached hydrogen (secondary N) is 1. The molecule has 0 aliphatic carbocycles. The first-order valence-electron chi connectivity index (χ1n) is 8.46. The molecule has 2 rings (SSSR count). The van der Waals surface area contributed by atoms with Crippen LogP contribution in [0.3, 0.4) is 0 Å². The zero-order chi connectivity index (χ0) is 17.7. The van der Waals surface area contributed by atoms with Crippen molar-refractivity contribution in [3.8, 4) is 0 Å². The van der Waals surface area contributed by atoms with Crippen molar-refractivity contribution in [2.24, 2.45) is 5.41 Å². The summed E-state index contributed by atoms with van der Waals surface area (Å²) in [5.41, 5.74) is 0.462. The fourth-order valence-corrected chi connectivity index (χ4v) is 2.57. The standard InChI is InChI=1S/C17H28N4O3/c1-13-11-14(24-19-13)12-20-7-9-21(10-8-20)15(22)5-6-18-16(23)17(2,3)4/h11H,5-10,12H2,1-4H3,(H,18,23). The molecule has 1 aromatic rings. The maximum atomic E-state index is 12.2. The molecule has 1 N–H and O–H groups in total.